The van der Waals surface area contributed by atoms with Gasteiger partial charge in [-0.25, -0.2) is 0 Å². The SMILES string of the molecule is C=CCC(C#N)(/C=C/C=C/C)O[Si](C)(C)C. The Kier molecular flexibility index (Phi) is 6.02. The van der Waals surface area contributed by atoms with E-state index < -0.39 is 13.9 Å². The van der Waals surface area contributed by atoms with Crippen LogP contribution in [0, 0.1) is 11.3 Å². The molecule has 0 aliphatic carbocycles. The van der Waals surface area contributed by atoms with Crippen LogP contribution < -0.4 is 0 Å². The lowest BCUT2D eigenvalue weighted by Crippen LogP contribution is -2.40. The molecule has 0 aromatic carbocycles. The Morgan fingerprint density at radius 1 is 1.38 bits per heavy atom. The molecule has 0 spiro atoms. The van der Waals surface area contributed by atoms with Crippen molar-refractivity contribution in [3.63, 3.8) is 0 Å². The molecule has 1 atom stereocenters. The zero-order valence-corrected chi connectivity index (χ0v) is 11.7. The average Bonchev–Trinajstić information content (AvgIpc) is 2.16. The molecule has 0 radical (unpaired) electrons. The maximum Gasteiger partial charge on any atom is 0.186 e. The van der Waals surface area contributed by atoms with E-state index in [4.69, 9.17) is 4.43 Å². The van der Waals surface area contributed by atoms with Gasteiger partial charge in [0.2, 0.25) is 0 Å². The molecule has 0 bridgehead atoms. The van der Waals surface area contributed by atoms with Crippen molar-refractivity contribution in [1.29, 1.82) is 5.26 Å². The molecular formula is C13H21NOSi. The predicted molar refractivity (Wildman–Crippen MR) is 71.5 cm³/mol. The van der Waals surface area contributed by atoms with E-state index in [0.29, 0.717) is 6.42 Å². The van der Waals surface area contributed by atoms with Gasteiger partial charge in [0.05, 0.1) is 0 Å². The Bertz CT molecular complexity index is 320. The van der Waals surface area contributed by atoms with E-state index in [1.54, 1.807) is 6.08 Å². The standard InChI is InChI=1S/C13H21NOSi/c1-6-8-9-11-13(12-14,10-7-2)15-16(3,4)5/h6-9,11H,2,10H2,1,3-5H3/b8-6+,11-9+. The number of hydrogen-bond donors (Lipinski definition) is 0. The van der Waals surface area contributed by atoms with Gasteiger partial charge in [0.1, 0.15) is 6.07 Å². The number of hydrogen-bond acceptors (Lipinski definition) is 2. The van der Waals surface area contributed by atoms with Gasteiger partial charge in [-0.1, -0.05) is 24.3 Å². The highest BCUT2D eigenvalue weighted by atomic mass is 28.4. The minimum atomic E-state index is -1.76. The average molecular weight is 235 g/mol. The third-order valence-corrected chi connectivity index (χ3v) is 2.77. The van der Waals surface area contributed by atoms with Crippen LogP contribution in [0.1, 0.15) is 13.3 Å². The summed E-state index contributed by atoms with van der Waals surface area (Å²) in [6.45, 7) is 11.8. The first kappa shape index (κ1) is 14.9. The summed E-state index contributed by atoms with van der Waals surface area (Å²) >= 11 is 0. The number of rotatable bonds is 6. The summed E-state index contributed by atoms with van der Waals surface area (Å²) in [7, 11) is -1.76. The smallest absolute Gasteiger partial charge is 0.186 e. The molecule has 3 heteroatoms. The second kappa shape index (κ2) is 6.47. The van der Waals surface area contributed by atoms with Gasteiger partial charge in [0.15, 0.2) is 13.9 Å². The van der Waals surface area contributed by atoms with Crippen molar-refractivity contribution in [2.24, 2.45) is 0 Å². The van der Waals surface area contributed by atoms with E-state index in [9.17, 15) is 5.26 Å². The van der Waals surface area contributed by atoms with Crippen molar-refractivity contribution in [3.05, 3.63) is 37.0 Å². The molecule has 0 heterocycles. The first-order valence-corrected chi connectivity index (χ1v) is 8.83. The Morgan fingerprint density at radius 3 is 2.38 bits per heavy atom. The molecule has 2 nitrogen and oxygen atoms in total. The van der Waals surface area contributed by atoms with Crippen molar-refractivity contribution in [2.75, 3.05) is 0 Å². The Hall–Kier alpha value is -1.11. The van der Waals surface area contributed by atoms with Crippen LogP contribution in [0.4, 0.5) is 0 Å². The minimum Gasteiger partial charge on any atom is -0.397 e. The van der Waals surface area contributed by atoms with Gasteiger partial charge < -0.3 is 4.43 Å². The topological polar surface area (TPSA) is 33.0 Å². The van der Waals surface area contributed by atoms with Crippen LogP contribution in [0.2, 0.25) is 19.6 Å². The van der Waals surface area contributed by atoms with E-state index in [1.165, 1.54) is 0 Å². The van der Waals surface area contributed by atoms with E-state index in [0.717, 1.165) is 0 Å². The second-order valence-corrected chi connectivity index (χ2v) is 9.02. The Balaban J connectivity index is 5.01. The molecule has 88 valence electrons. The Labute approximate surface area is 100 Å². The lowest BCUT2D eigenvalue weighted by atomic mass is 10.0. The van der Waals surface area contributed by atoms with Gasteiger partial charge in [-0.3, -0.25) is 0 Å². The molecule has 0 aromatic heterocycles. The van der Waals surface area contributed by atoms with Gasteiger partial charge in [-0.15, -0.1) is 6.58 Å². The summed E-state index contributed by atoms with van der Waals surface area (Å²) in [5.74, 6) is 0. The molecule has 0 rings (SSSR count). The summed E-state index contributed by atoms with van der Waals surface area (Å²) in [6, 6.07) is 2.25. The van der Waals surface area contributed by atoms with Crippen molar-refractivity contribution < 1.29 is 4.43 Å². The van der Waals surface area contributed by atoms with E-state index >= 15 is 0 Å². The van der Waals surface area contributed by atoms with Crippen LogP contribution in [0.5, 0.6) is 0 Å². The van der Waals surface area contributed by atoms with E-state index in [1.807, 2.05) is 31.2 Å². The maximum atomic E-state index is 9.29. The summed E-state index contributed by atoms with van der Waals surface area (Å²) in [5, 5.41) is 9.29. The third kappa shape index (κ3) is 5.69. The van der Waals surface area contributed by atoms with Crippen molar-refractivity contribution in [3.8, 4) is 6.07 Å². The molecule has 0 amide bonds. The highest BCUT2D eigenvalue weighted by Gasteiger charge is 2.32. The van der Waals surface area contributed by atoms with Gasteiger partial charge in [0.25, 0.3) is 0 Å². The molecule has 0 fully saturated rings. The third-order valence-electron chi connectivity index (χ3n) is 1.79. The van der Waals surface area contributed by atoms with Gasteiger partial charge in [-0.2, -0.15) is 5.26 Å². The van der Waals surface area contributed by atoms with Crippen molar-refractivity contribution in [2.45, 2.75) is 38.6 Å². The fourth-order valence-electron chi connectivity index (χ4n) is 1.33. The summed E-state index contributed by atoms with van der Waals surface area (Å²) < 4.78 is 5.95. The first-order valence-electron chi connectivity index (χ1n) is 5.42. The molecule has 0 aromatic rings. The van der Waals surface area contributed by atoms with Crippen LogP contribution in [-0.2, 0) is 4.43 Å². The minimum absolute atomic E-state index is 0.516. The zero-order valence-electron chi connectivity index (χ0n) is 10.7. The maximum absolute atomic E-state index is 9.29. The van der Waals surface area contributed by atoms with E-state index in [-0.39, 0.29) is 0 Å². The normalized spacial score (nSPS) is 16.2. The largest absolute Gasteiger partial charge is 0.397 e. The number of allylic oxidation sites excluding steroid dienone is 3. The Morgan fingerprint density at radius 2 is 2.00 bits per heavy atom. The molecule has 0 aliphatic rings. The first-order chi connectivity index (χ1) is 7.39. The summed E-state index contributed by atoms with van der Waals surface area (Å²) in [5.41, 5.74) is -0.855. The lowest BCUT2D eigenvalue weighted by molar-refractivity contribution is 0.174. The van der Waals surface area contributed by atoms with Gasteiger partial charge >= 0.3 is 0 Å². The lowest BCUT2D eigenvalue weighted by Gasteiger charge is -2.30. The zero-order chi connectivity index (χ0) is 12.7. The number of nitriles is 1. The molecule has 0 N–H and O–H groups in total. The highest BCUT2D eigenvalue weighted by Crippen LogP contribution is 2.23. The fourth-order valence-corrected chi connectivity index (χ4v) is 2.62. The van der Waals surface area contributed by atoms with Crippen LogP contribution in [-0.4, -0.2) is 13.9 Å². The predicted octanol–water partition coefficient (Wildman–Crippen LogP) is 3.81. The molecule has 16 heavy (non-hydrogen) atoms. The quantitative estimate of drug-likeness (QED) is 0.398. The monoisotopic (exact) mass is 235 g/mol. The van der Waals surface area contributed by atoms with Gasteiger partial charge in [-0.05, 0) is 32.6 Å². The molecule has 1 unspecified atom stereocenters. The van der Waals surface area contributed by atoms with Gasteiger partial charge in [0, 0.05) is 6.42 Å². The fraction of sp³-hybridized carbons (Fsp3) is 0.462. The van der Waals surface area contributed by atoms with Crippen molar-refractivity contribution >= 4 is 8.32 Å². The highest BCUT2D eigenvalue weighted by molar-refractivity contribution is 6.69. The van der Waals surface area contributed by atoms with Crippen LogP contribution in [0.15, 0.2) is 37.0 Å². The summed E-state index contributed by atoms with van der Waals surface area (Å²) in [4.78, 5) is 0. The summed E-state index contributed by atoms with van der Waals surface area (Å²) in [6.07, 6.45) is 9.72. The van der Waals surface area contributed by atoms with Crippen LogP contribution in [0.25, 0.3) is 0 Å². The van der Waals surface area contributed by atoms with E-state index in [2.05, 4.69) is 32.3 Å². The van der Waals surface area contributed by atoms with Crippen LogP contribution in [0.3, 0.4) is 0 Å². The molecular weight excluding hydrogens is 214 g/mol. The van der Waals surface area contributed by atoms with Crippen molar-refractivity contribution in [1.82, 2.24) is 0 Å². The molecule has 0 saturated carbocycles. The molecule has 0 aliphatic heterocycles. The second-order valence-electron chi connectivity index (χ2n) is 4.59. The number of nitrogens with zero attached hydrogens (tertiary/aromatic N) is 1. The van der Waals surface area contributed by atoms with Crippen LogP contribution >= 0.6 is 0 Å². The molecule has 0 saturated heterocycles.